The Hall–Kier alpha value is -3.24. The second kappa shape index (κ2) is 7.41. The molecule has 0 amide bonds. The molecule has 0 atom stereocenters. The molecule has 138 valence electrons. The van der Waals surface area contributed by atoms with Crippen LogP contribution in [0.2, 0.25) is 5.02 Å². The molecule has 4 nitrogen and oxygen atoms in total. The van der Waals surface area contributed by atoms with Gasteiger partial charge in [-0.3, -0.25) is 4.79 Å². The van der Waals surface area contributed by atoms with Gasteiger partial charge in [-0.25, -0.2) is 0 Å². The first-order chi connectivity index (χ1) is 13.5. The van der Waals surface area contributed by atoms with Crippen LogP contribution in [-0.2, 0) is 7.05 Å². The zero-order chi connectivity index (χ0) is 19.7. The molecule has 0 spiro atoms. The summed E-state index contributed by atoms with van der Waals surface area (Å²) in [6.07, 6.45) is 0. The lowest BCUT2D eigenvalue weighted by Gasteiger charge is -2.05. The van der Waals surface area contributed by atoms with Crippen molar-refractivity contribution in [2.45, 2.75) is 6.92 Å². The van der Waals surface area contributed by atoms with Crippen LogP contribution in [0.15, 0.2) is 83.0 Å². The average molecular weight is 388 g/mol. The number of hydrogen-bond donors (Lipinski definition) is 0. The van der Waals surface area contributed by atoms with Gasteiger partial charge in [0.15, 0.2) is 0 Å². The Morgan fingerprint density at radius 2 is 1.57 bits per heavy atom. The summed E-state index contributed by atoms with van der Waals surface area (Å²) in [5.41, 5.74) is 4.45. The number of carbonyl (C=O) groups is 1. The number of aryl methyl sites for hydroxylation is 2. The number of nitrogens with zero attached hydrogens (tertiary/aromatic N) is 3. The van der Waals surface area contributed by atoms with Gasteiger partial charge in [0.25, 0.3) is 0 Å². The van der Waals surface area contributed by atoms with Crippen LogP contribution in [0.4, 0.5) is 11.4 Å². The van der Waals surface area contributed by atoms with Gasteiger partial charge in [0.2, 0.25) is 5.78 Å². The van der Waals surface area contributed by atoms with Crippen LogP contribution in [0.3, 0.4) is 0 Å². The van der Waals surface area contributed by atoms with E-state index in [-0.39, 0.29) is 5.78 Å². The molecule has 0 N–H and O–H groups in total. The summed E-state index contributed by atoms with van der Waals surface area (Å²) >= 11 is 5.97. The van der Waals surface area contributed by atoms with E-state index in [2.05, 4.69) is 10.2 Å². The van der Waals surface area contributed by atoms with Crippen molar-refractivity contribution in [3.05, 3.63) is 94.6 Å². The molecule has 0 radical (unpaired) electrons. The number of ketones is 1. The number of para-hydroxylation sites is 1. The predicted octanol–water partition coefficient (Wildman–Crippen LogP) is 6.79. The Balaban J connectivity index is 1.86. The number of aromatic nitrogens is 1. The number of hydrogen-bond acceptors (Lipinski definition) is 3. The van der Waals surface area contributed by atoms with Crippen molar-refractivity contribution < 1.29 is 4.79 Å². The molecule has 0 unspecified atom stereocenters. The van der Waals surface area contributed by atoms with Crippen LogP contribution in [0.5, 0.6) is 0 Å². The number of halogens is 1. The van der Waals surface area contributed by atoms with E-state index in [1.165, 1.54) is 0 Å². The van der Waals surface area contributed by atoms with E-state index in [1.54, 1.807) is 24.3 Å². The number of carbonyl (C=O) groups excluding carboxylic acids is 1. The molecule has 4 aromatic rings. The molecule has 0 saturated heterocycles. The second-order valence-electron chi connectivity index (χ2n) is 6.64. The Bertz CT molecular complexity index is 1190. The van der Waals surface area contributed by atoms with E-state index < -0.39 is 0 Å². The fourth-order valence-electron chi connectivity index (χ4n) is 3.19. The maximum Gasteiger partial charge on any atom is 0.211 e. The van der Waals surface area contributed by atoms with Crippen molar-refractivity contribution in [2.24, 2.45) is 17.3 Å². The molecule has 0 aliphatic carbocycles. The summed E-state index contributed by atoms with van der Waals surface area (Å²) in [6, 6.07) is 22.5. The number of benzene rings is 3. The van der Waals surface area contributed by atoms with Crippen molar-refractivity contribution in [3.8, 4) is 0 Å². The number of fused-ring (bicyclic) bond motifs is 1. The maximum absolute atomic E-state index is 13.3. The molecule has 4 rings (SSSR count). The van der Waals surface area contributed by atoms with Crippen LogP contribution < -0.4 is 0 Å². The Morgan fingerprint density at radius 3 is 2.29 bits per heavy atom. The monoisotopic (exact) mass is 387 g/mol. The third-order valence-electron chi connectivity index (χ3n) is 4.70. The standard InChI is InChI=1S/C23H18ClN3O/c1-15-7-13-18(14-8-15)25-26-21-19-5-3-4-6-20(19)27(2)22(21)23(28)16-9-11-17(24)12-10-16/h3-14H,1-2H3/b26-25+. The van der Waals surface area contributed by atoms with Crippen molar-refractivity contribution in [1.82, 2.24) is 4.57 Å². The zero-order valence-corrected chi connectivity index (χ0v) is 16.3. The highest BCUT2D eigenvalue weighted by Gasteiger charge is 2.22. The first-order valence-electron chi connectivity index (χ1n) is 8.90. The summed E-state index contributed by atoms with van der Waals surface area (Å²) in [5.74, 6) is -0.117. The van der Waals surface area contributed by atoms with Gasteiger partial charge in [-0.2, -0.15) is 5.11 Å². The molecular formula is C23H18ClN3O. The van der Waals surface area contributed by atoms with Gasteiger partial charge >= 0.3 is 0 Å². The zero-order valence-electron chi connectivity index (χ0n) is 15.6. The second-order valence-corrected chi connectivity index (χ2v) is 7.08. The van der Waals surface area contributed by atoms with Gasteiger partial charge in [0.1, 0.15) is 11.4 Å². The first kappa shape index (κ1) is 18.1. The highest BCUT2D eigenvalue weighted by Crippen LogP contribution is 2.35. The van der Waals surface area contributed by atoms with Crippen LogP contribution in [0, 0.1) is 6.92 Å². The average Bonchev–Trinajstić information content (AvgIpc) is 3.00. The normalized spacial score (nSPS) is 11.4. The van der Waals surface area contributed by atoms with Crippen molar-refractivity contribution in [2.75, 3.05) is 0 Å². The fraction of sp³-hybridized carbons (Fsp3) is 0.0870. The summed E-state index contributed by atoms with van der Waals surface area (Å²) in [5, 5.41) is 10.3. The SMILES string of the molecule is Cc1ccc(/N=N/c2c(C(=O)c3ccc(Cl)cc3)n(C)c3ccccc23)cc1. The van der Waals surface area contributed by atoms with Crippen molar-refractivity contribution >= 4 is 39.7 Å². The molecule has 1 heterocycles. The third-order valence-corrected chi connectivity index (χ3v) is 4.95. The van der Waals surface area contributed by atoms with Gasteiger partial charge in [-0.1, -0.05) is 47.5 Å². The molecule has 0 fully saturated rings. The predicted molar refractivity (Wildman–Crippen MR) is 113 cm³/mol. The largest absolute Gasteiger partial charge is 0.339 e. The quantitative estimate of drug-likeness (QED) is 0.281. The molecule has 5 heteroatoms. The van der Waals surface area contributed by atoms with Crippen molar-refractivity contribution in [3.63, 3.8) is 0 Å². The van der Waals surface area contributed by atoms with Gasteiger partial charge < -0.3 is 4.57 Å². The lowest BCUT2D eigenvalue weighted by Crippen LogP contribution is -2.07. The maximum atomic E-state index is 13.3. The van der Waals surface area contributed by atoms with Crippen LogP contribution >= 0.6 is 11.6 Å². The summed E-state index contributed by atoms with van der Waals surface area (Å²) in [4.78, 5) is 13.3. The van der Waals surface area contributed by atoms with Gasteiger partial charge in [0.05, 0.1) is 11.2 Å². The summed E-state index contributed by atoms with van der Waals surface area (Å²) < 4.78 is 1.87. The van der Waals surface area contributed by atoms with Gasteiger partial charge in [-0.15, -0.1) is 5.11 Å². The Morgan fingerprint density at radius 1 is 0.893 bits per heavy atom. The smallest absolute Gasteiger partial charge is 0.211 e. The van der Waals surface area contributed by atoms with Crippen LogP contribution in [0.1, 0.15) is 21.6 Å². The highest BCUT2D eigenvalue weighted by atomic mass is 35.5. The molecule has 1 aromatic heterocycles. The molecule has 28 heavy (non-hydrogen) atoms. The third kappa shape index (κ3) is 3.35. The molecular weight excluding hydrogens is 370 g/mol. The van der Waals surface area contributed by atoms with E-state index in [4.69, 9.17) is 11.6 Å². The Kier molecular flexibility index (Phi) is 4.80. The summed E-state index contributed by atoms with van der Waals surface area (Å²) in [7, 11) is 1.87. The highest BCUT2D eigenvalue weighted by molar-refractivity contribution is 6.30. The number of rotatable bonds is 4. The fourth-order valence-corrected chi connectivity index (χ4v) is 3.32. The minimum atomic E-state index is -0.117. The van der Waals surface area contributed by atoms with Gasteiger partial charge in [0, 0.05) is 23.0 Å². The molecule has 0 bridgehead atoms. The van der Waals surface area contributed by atoms with Crippen LogP contribution in [0.25, 0.3) is 10.9 Å². The van der Waals surface area contributed by atoms with E-state index >= 15 is 0 Å². The molecule has 0 saturated carbocycles. The van der Waals surface area contributed by atoms with Crippen LogP contribution in [-0.4, -0.2) is 10.4 Å². The van der Waals surface area contributed by atoms with E-state index in [0.717, 1.165) is 22.2 Å². The first-order valence-corrected chi connectivity index (χ1v) is 9.28. The van der Waals surface area contributed by atoms with E-state index in [1.807, 2.05) is 67.1 Å². The topological polar surface area (TPSA) is 46.7 Å². The lowest BCUT2D eigenvalue weighted by molar-refractivity contribution is 0.103. The van der Waals surface area contributed by atoms with E-state index in [9.17, 15) is 4.79 Å². The van der Waals surface area contributed by atoms with Crippen molar-refractivity contribution in [1.29, 1.82) is 0 Å². The van der Waals surface area contributed by atoms with E-state index in [0.29, 0.717) is 22.0 Å². The minimum Gasteiger partial charge on any atom is -0.339 e. The number of azo groups is 1. The lowest BCUT2D eigenvalue weighted by atomic mass is 10.1. The summed E-state index contributed by atoms with van der Waals surface area (Å²) in [6.45, 7) is 2.02. The van der Waals surface area contributed by atoms with Gasteiger partial charge in [-0.05, 0) is 49.4 Å². The Labute approximate surface area is 168 Å². The minimum absolute atomic E-state index is 0.117. The molecule has 0 aliphatic rings. The molecule has 3 aromatic carbocycles. The molecule has 0 aliphatic heterocycles.